The number of aromatic nitrogens is 1. The zero-order valence-corrected chi connectivity index (χ0v) is 8.81. The Morgan fingerprint density at radius 2 is 1.82 bits per heavy atom. The van der Waals surface area contributed by atoms with Crippen molar-refractivity contribution in [1.29, 1.82) is 0 Å². The van der Waals surface area contributed by atoms with Crippen LogP contribution >= 0.6 is 7.82 Å². The third-order valence-electron chi connectivity index (χ3n) is 0.778. The van der Waals surface area contributed by atoms with E-state index < -0.39 is 7.82 Å². The Morgan fingerprint density at radius 3 is 2.18 bits per heavy atom. The van der Waals surface area contributed by atoms with Gasteiger partial charge in [0.15, 0.2) is 0 Å². The summed E-state index contributed by atoms with van der Waals surface area (Å²) in [5.41, 5.74) is 0. The van der Waals surface area contributed by atoms with Crippen LogP contribution in [0, 0.1) is 0 Å². The molecule has 0 aliphatic rings. The SMILES string of the molecule is O=P(O)(O)On1cccc1.[H-].[Na+]. The van der Waals surface area contributed by atoms with E-state index in [1.165, 1.54) is 12.4 Å². The second-order valence-corrected chi connectivity index (χ2v) is 2.76. The molecule has 0 saturated carbocycles. The molecule has 1 aromatic rings. The topological polar surface area (TPSA) is 71.7 Å². The summed E-state index contributed by atoms with van der Waals surface area (Å²) in [6, 6.07) is 3.19. The van der Waals surface area contributed by atoms with Gasteiger partial charge in [0, 0.05) is 12.4 Å². The quantitative estimate of drug-likeness (QED) is 0.385. The van der Waals surface area contributed by atoms with Gasteiger partial charge in [-0.2, -0.15) is 4.73 Å². The molecule has 11 heavy (non-hydrogen) atoms. The van der Waals surface area contributed by atoms with E-state index in [1.54, 1.807) is 12.1 Å². The Kier molecular flexibility index (Phi) is 4.39. The second-order valence-electron chi connectivity index (χ2n) is 1.62. The summed E-state index contributed by atoms with van der Waals surface area (Å²) < 4.78 is 15.2. The maximum Gasteiger partial charge on any atom is 1.00 e. The Morgan fingerprint density at radius 1 is 1.36 bits per heavy atom. The minimum absolute atomic E-state index is 0. The second kappa shape index (κ2) is 4.30. The minimum atomic E-state index is -4.39. The first-order chi connectivity index (χ1) is 4.58. The third-order valence-corrected chi connectivity index (χ3v) is 1.18. The molecule has 1 rings (SSSR count). The predicted molar refractivity (Wildman–Crippen MR) is 34.2 cm³/mol. The standard InChI is InChI=1S/C4H6NO4P.Na.H/c6-10(7,8)9-5-3-1-2-4-5;;/h1-4H,(H2,6,7,8);;/q;+1;-1. The number of nitrogens with zero attached hydrogens (tertiary/aromatic N) is 1. The molecule has 0 saturated heterocycles. The van der Waals surface area contributed by atoms with Gasteiger partial charge in [-0.05, 0) is 12.1 Å². The molecule has 0 unspecified atom stereocenters. The molecule has 1 heterocycles. The van der Waals surface area contributed by atoms with Crippen molar-refractivity contribution in [3.63, 3.8) is 0 Å². The Bertz CT molecular complexity index is 248. The Hall–Kier alpha value is 0.230. The van der Waals surface area contributed by atoms with Crippen molar-refractivity contribution in [2.45, 2.75) is 0 Å². The summed E-state index contributed by atoms with van der Waals surface area (Å²) in [5.74, 6) is 0. The number of rotatable bonds is 2. The van der Waals surface area contributed by atoms with E-state index in [-0.39, 0.29) is 31.0 Å². The molecule has 2 N–H and O–H groups in total. The molecule has 0 spiro atoms. The van der Waals surface area contributed by atoms with Crippen LogP contribution in [0.1, 0.15) is 1.43 Å². The summed E-state index contributed by atoms with van der Waals surface area (Å²) in [6.45, 7) is 0. The van der Waals surface area contributed by atoms with Crippen molar-refractivity contribution >= 4 is 7.82 Å². The molecule has 0 atom stereocenters. The van der Waals surface area contributed by atoms with Crippen LogP contribution in [0.2, 0.25) is 0 Å². The Labute approximate surface area is 87.0 Å². The van der Waals surface area contributed by atoms with Gasteiger partial charge in [0.25, 0.3) is 0 Å². The normalized spacial score (nSPS) is 10.4. The van der Waals surface area contributed by atoms with Crippen LogP contribution in [-0.4, -0.2) is 14.5 Å². The maximum atomic E-state index is 10.2. The molecule has 0 aromatic carbocycles. The van der Waals surface area contributed by atoms with Crippen molar-refractivity contribution in [1.82, 2.24) is 4.73 Å². The molecule has 0 fully saturated rings. The summed E-state index contributed by atoms with van der Waals surface area (Å²) in [7, 11) is -4.39. The van der Waals surface area contributed by atoms with Crippen LogP contribution in [-0.2, 0) is 4.57 Å². The van der Waals surface area contributed by atoms with Crippen LogP contribution in [0.4, 0.5) is 0 Å². The van der Waals surface area contributed by atoms with Gasteiger partial charge >= 0.3 is 37.4 Å². The average Bonchev–Trinajstić information content (AvgIpc) is 2.12. The van der Waals surface area contributed by atoms with Crippen molar-refractivity contribution < 1.29 is 50.0 Å². The average molecular weight is 187 g/mol. The van der Waals surface area contributed by atoms with Crippen molar-refractivity contribution in [3.05, 3.63) is 24.5 Å². The van der Waals surface area contributed by atoms with Gasteiger partial charge in [-0.3, -0.25) is 9.79 Å². The van der Waals surface area contributed by atoms with Gasteiger partial charge in [0.1, 0.15) is 0 Å². The van der Waals surface area contributed by atoms with E-state index >= 15 is 0 Å². The van der Waals surface area contributed by atoms with Gasteiger partial charge in [-0.1, -0.05) is 0 Å². The molecule has 0 radical (unpaired) electrons. The number of phosphoric acid groups is 1. The molecule has 0 amide bonds. The predicted octanol–water partition coefficient (Wildman–Crippen LogP) is -2.87. The van der Waals surface area contributed by atoms with Gasteiger partial charge in [-0.15, -0.1) is 0 Å². The van der Waals surface area contributed by atoms with Gasteiger partial charge in [0.05, 0.1) is 0 Å². The fraction of sp³-hybridized carbons (Fsp3) is 0. The van der Waals surface area contributed by atoms with Gasteiger partial charge < -0.3 is 6.05 Å². The fourth-order valence-electron chi connectivity index (χ4n) is 0.496. The number of hydrogen-bond acceptors (Lipinski definition) is 2. The first kappa shape index (κ1) is 11.2. The van der Waals surface area contributed by atoms with E-state index in [4.69, 9.17) is 9.79 Å². The Balaban J connectivity index is 0. The molecular formula is C4H7NNaO4P. The van der Waals surface area contributed by atoms with Crippen LogP contribution < -0.4 is 34.2 Å². The summed E-state index contributed by atoms with van der Waals surface area (Å²) in [4.78, 5) is 16.5. The molecule has 0 bridgehead atoms. The summed E-state index contributed by atoms with van der Waals surface area (Å²) in [5, 5.41) is 0. The minimum Gasteiger partial charge on any atom is -1.00 e. The smallest absolute Gasteiger partial charge is 1.00 e. The third kappa shape index (κ3) is 4.63. The van der Waals surface area contributed by atoms with Gasteiger partial charge in [-0.25, -0.2) is 4.57 Å². The zero-order valence-electron chi connectivity index (χ0n) is 6.91. The van der Waals surface area contributed by atoms with Crippen LogP contribution in [0.25, 0.3) is 0 Å². The molecule has 7 heteroatoms. The molecule has 0 aliphatic heterocycles. The molecular weight excluding hydrogens is 180 g/mol. The van der Waals surface area contributed by atoms with E-state index in [1.807, 2.05) is 0 Å². The fourth-order valence-corrected chi connectivity index (χ4v) is 0.850. The molecule has 5 nitrogen and oxygen atoms in total. The summed E-state index contributed by atoms with van der Waals surface area (Å²) in [6.07, 6.45) is 2.78. The van der Waals surface area contributed by atoms with Crippen LogP contribution in [0.5, 0.6) is 0 Å². The van der Waals surface area contributed by atoms with Crippen molar-refractivity contribution in [2.24, 2.45) is 0 Å². The monoisotopic (exact) mass is 187 g/mol. The molecule has 0 aliphatic carbocycles. The van der Waals surface area contributed by atoms with E-state index in [0.717, 1.165) is 4.73 Å². The maximum absolute atomic E-state index is 10.2. The van der Waals surface area contributed by atoms with E-state index in [2.05, 4.69) is 4.62 Å². The van der Waals surface area contributed by atoms with E-state index in [9.17, 15) is 4.57 Å². The first-order valence-corrected chi connectivity index (χ1v) is 3.99. The van der Waals surface area contributed by atoms with Crippen molar-refractivity contribution in [2.75, 3.05) is 0 Å². The van der Waals surface area contributed by atoms with E-state index in [0.29, 0.717) is 0 Å². The largest absolute Gasteiger partial charge is 1.00 e. The van der Waals surface area contributed by atoms with Gasteiger partial charge in [0.2, 0.25) is 0 Å². The first-order valence-electron chi connectivity index (χ1n) is 2.46. The molecule has 58 valence electrons. The zero-order chi connectivity index (χ0) is 7.61. The van der Waals surface area contributed by atoms with Crippen LogP contribution in [0.3, 0.4) is 0 Å². The summed E-state index contributed by atoms with van der Waals surface area (Å²) >= 11 is 0. The number of hydrogen-bond donors (Lipinski definition) is 2. The van der Waals surface area contributed by atoms with Crippen LogP contribution in [0.15, 0.2) is 24.5 Å². The molecule has 1 aromatic heterocycles. The van der Waals surface area contributed by atoms with Crippen molar-refractivity contribution in [3.8, 4) is 0 Å².